The van der Waals surface area contributed by atoms with Gasteiger partial charge in [0.1, 0.15) is 17.8 Å². The van der Waals surface area contributed by atoms with Gasteiger partial charge >= 0.3 is 0 Å². The Bertz CT molecular complexity index is 1160. The highest BCUT2D eigenvalue weighted by atomic mass is 19.3. The third kappa shape index (κ3) is 3.58. The van der Waals surface area contributed by atoms with Gasteiger partial charge in [-0.3, -0.25) is 4.79 Å². The number of hydrogen-bond acceptors (Lipinski definition) is 5. The number of hydrogen-bond donors (Lipinski definition) is 0. The highest BCUT2D eigenvalue weighted by molar-refractivity contribution is 5.94. The first-order chi connectivity index (χ1) is 14.4. The molecule has 4 rings (SSSR count). The molecule has 1 fully saturated rings. The molecule has 154 valence electrons. The summed E-state index contributed by atoms with van der Waals surface area (Å²) in [5.41, 5.74) is 0.230. The Hall–Kier alpha value is -3.48. The van der Waals surface area contributed by atoms with Gasteiger partial charge in [0.2, 0.25) is 0 Å². The molecule has 10 heteroatoms. The van der Waals surface area contributed by atoms with E-state index in [0.717, 1.165) is 12.1 Å². The van der Waals surface area contributed by atoms with Crippen LogP contribution in [0.25, 0.3) is 5.78 Å². The largest absolute Gasteiger partial charge is 0.338 e. The first-order valence-electron chi connectivity index (χ1n) is 9.36. The van der Waals surface area contributed by atoms with E-state index in [0.29, 0.717) is 18.7 Å². The van der Waals surface area contributed by atoms with Crippen LogP contribution >= 0.6 is 0 Å². The third-order valence-electron chi connectivity index (χ3n) is 5.42. The molecule has 0 radical (unpaired) electrons. The molecule has 2 atom stereocenters. The number of nitrogens with zero attached hydrogens (tertiary/aromatic N) is 6. The van der Waals surface area contributed by atoms with Crippen molar-refractivity contribution in [1.82, 2.24) is 24.5 Å². The van der Waals surface area contributed by atoms with Crippen LogP contribution in [0.4, 0.5) is 13.2 Å². The van der Waals surface area contributed by atoms with Gasteiger partial charge in [-0.05, 0) is 36.6 Å². The van der Waals surface area contributed by atoms with Crippen molar-refractivity contribution >= 4 is 11.7 Å². The average molecular weight is 414 g/mol. The Morgan fingerprint density at radius 1 is 1.30 bits per heavy atom. The lowest BCUT2D eigenvalue weighted by molar-refractivity contribution is 0.0665. The molecule has 0 bridgehead atoms. The van der Waals surface area contributed by atoms with Crippen molar-refractivity contribution in [3.05, 3.63) is 58.9 Å². The van der Waals surface area contributed by atoms with E-state index in [1.165, 1.54) is 23.0 Å². The number of piperidine rings is 1. The zero-order valence-corrected chi connectivity index (χ0v) is 16.0. The Balaban J connectivity index is 1.69. The zero-order valence-electron chi connectivity index (χ0n) is 16.0. The number of fused-ring (bicyclic) bond motifs is 1. The van der Waals surface area contributed by atoms with Crippen molar-refractivity contribution in [3.8, 4) is 6.07 Å². The number of carbonyl (C=O) groups is 1. The summed E-state index contributed by atoms with van der Waals surface area (Å²) in [6, 6.07) is 6.63. The van der Waals surface area contributed by atoms with Crippen LogP contribution in [0.2, 0.25) is 0 Å². The van der Waals surface area contributed by atoms with E-state index in [-0.39, 0.29) is 35.3 Å². The zero-order chi connectivity index (χ0) is 21.4. The first-order valence-corrected chi connectivity index (χ1v) is 9.36. The fraction of sp³-hybridized carbons (Fsp3) is 0.350. The maximum absolute atomic E-state index is 13.8. The first kappa shape index (κ1) is 19.8. The summed E-state index contributed by atoms with van der Waals surface area (Å²) in [5, 5.41) is 13.1. The summed E-state index contributed by atoms with van der Waals surface area (Å²) in [4.78, 5) is 22.3. The van der Waals surface area contributed by atoms with E-state index in [1.54, 1.807) is 4.90 Å². The van der Waals surface area contributed by atoms with Gasteiger partial charge in [-0.15, -0.1) is 0 Å². The maximum atomic E-state index is 13.8. The molecular formula is C20H17F3N6O. The molecule has 0 saturated carbocycles. The van der Waals surface area contributed by atoms with Gasteiger partial charge in [0.05, 0.1) is 17.3 Å². The van der Waals surface area contributed by atoms with E-state index in [2.05, 4.69) is 15.1 Å². The molecule has 0 N–H and O–H groups in total. The molecule has 0 unspecified atom stereocenters. The summed E-state index contributed by atoms with van der Waals surface area (Å²) in [7, 11) is 0. The number of halogens is 3. The van der Waals surface area contributed by atoms with Gasteiger partial charge in [-0.2, -0.15) is 15.3 Å². The minimum atomic E-state index is -2.77. The number of alkyl halides is 2. The normalized spacial score (nSPS) is 19.3. The number of carbonyl (C=O) groups excluding carboxylic acids is 1. The Morgan fingerprint density at radius 3 is 2.83 bits per heavy atom. The molecule has 0 spiro atoms. The Morgan fingerprint density at radius 2 is 2.10 bits per heavy atom. The van der Waals surface area contributed by atoms with Gasteiger partial charge in [-0.1, -0.05) is 6.92 Å². The standard InChI is InChI=1S/C20H17F3N6O/c1-11-2-3-28(19(30)13-4-12(8-24)5-14(21)6-13)9-15(11)17-7-16(18(22)23)27-20-25-10-26-29(17)20/h4-7,10-11,15,18H,2-3,9H2,1H3/t11-,15-/m1/s1. The predicted molar refractivity (Wildman–Crippen MR) is 99.3 cm³/mol. The number of aromatic nitrogens is 4. The molecule has 3 aromatic rings. The molecular weight excluding hydrogens is 397 g/mol. The number of likely N-dealkylation sites (tertiary alicyclic amines) is 1. The maximum Gasteiger partial charge on any atom is 0.280 e. The van der Waals surface area contributed by atoms with Crippen molar-refractivity contribution in [2.45, 2.75) is 25.7 Å². The van der Waals surface area contributed by atoms with Crippen LogP contribution in [0.1, 0.15) is 53.0 Å². The quantitative estimate of drug-likeness (QED) is 0.656. The summed E-state index contributed by atoms with van der Waals surface area (Å²) in [5.74, 6) is -1.23. The molecule has 2 aromatic heterocycles. The van der Waals surface area contributed by atoms with Gasteiger partial charge in [-0.25, -0.2) is 22.7 Å². The van der Waals surface area contributed by atoms with Crippen LogP contribution < -0.4 is 0 Å². The fourth-order valence-electron chi connectivity index (χ4n) is 3.83. The number of amides is 1. The smallest absolute Gasteiger partial charge is 0.280 e. The second-order valence-electron chi connectivity index (χ2n) is 7.34. The summed E-state index contributed by atoms with van der Waals surface area (Å²) < 4.78 is 41.9. The molecule has 3 heterocycles. The second-order valence-corrected chi connectivity index (χ2v) is 7.34. The summed E-state index contributed by atoms with van der Waals surface area (Å²) in [6.07, 6.45) is -0.897. The van der Waals surface area contributed by atoms with Crippen LogP contribution in [-0.2, 0) is 0 Å². The van der Waals surface area contributed by atoms with Crippen LogP contribution in [0.15, 0.2) is 30.6 Å². The Kier molecular flexibility index (Phi) is 5.11. The minimum absolute atomic E-state index is 0.0558. The van der Waals surface area contributed by atoms with Crippen molar-refractivity contribution in [1.29, 1.82) is 5.26 Å². The van der Waals surface area contributed by atoms with E-state index in [1.807, 2.05) is 13.0 Å². The lowest BCUT2D eigenvalue weighted by Gasteiger charge is -2.37. The van der Waals surface area contributed by atoms with Crippen molar-refractivity contribution in [3.63, 3.8) is 0 Å². The van der Waals surface area contributed by atoms with Crippen LogP contribution in [0.5, 0.6) is 0 Å². The lowest BCUT2D eigenvalue weighted by atomic mass is 9.84. The van der Waals surface area contributed by atoms with Crippen LogP contribution in [-0.4, -0.2) is 43.5 Å². The topological polar surface area (TPSA) is 87.2 Å². The number of benzene rings is 1. The van der Waals surface area contributed by atoms with Gasteiger partial charge in [0, 0.05) is 24.6 Å². The van der Waals surface area contributed by atoms with E-state index >= 15 is 0 Å². The highest BCUT2D eigenvalue weighted by Crippen LogP contribution is 2.34. The van der Waals surface area contributed by atoms with E-state index < -0.39 is 23.8 Å². The monoisotopic (exact) mass is 414 g/mol. The van der Waals surface area contributed by atoms with E-state index in [9.17, 15) is 18.0 Å². The van der Waals surface area contributed by atoms with Crippen molar-refractivity contribution in [2.75, 3.05) is 13.1 Å². The Labute approximate surface area is 169 Å². The molecule has 1 aliphatic heterocycles. The van der Waals surface area contributed by atoms with Crippen molar-refractivity contribution in [2.24, 2.45) is 5.92 Å². The summed E-state index contributed by atoms with van der Waals surface area (Å²) >= 11 is 0. The van der Waals surface area contributed by atoms with Gasteiger partial charge in [0.15, 0.2) is 0 Å². The van der Waals surface area contributed by atoms with Gasteiger partial charge in [0.25, 0.3) is 18.1 Å². The van der Waals surface area contributed by atoms with Crippen LogP contribution in [0.3, 0.4) is 0 Å². The number of rotatable bonds is 3. The molecule has 1 aliphatic rings. The molecule has 1 aromatic carbocycles. The predicted octanol–water partition coefficient (Wildman–Crippen LogP) is 3.34. The molecule has 1 amide bonds. The lowest BCUT2D eigenvalue weighted by Crippen LogP contribution is -2.42. The number of nitriles is 1. The molecule has 30 heavy (non-hydrogen) atoms. The molecule has 1 saturated heterocycles. The second kappa shape index (κ2) is 7.74. The minimum Gasteiger partial charge on any atom is -0.338 e. The molecule has 7 nitrogen and oxygen atoms in total. The third-order valence-corrected chi connectivity index (χ3v) is 5.42. The highest BCUT2D eigenvalue weighted by Gasteiger charge is 2.33. The van der Waals surface area contributed by atoms with Crippen LogP contribution in [0, 0.1) is 23.1 Å². The molecule has 0 aliphatic carbocycles. The SMILES string of the molecule is C[C@@H]1CCN(C(=O)c2cc(F)cc(C#N)c2)C[C@H]1c1cc(C(F)F)nc2ncnn12. The summed E-state index contributed by atoms with van der Waals surface area (Å²) in [6.45, 7) is 2.65. The van der Waals surface area contributed by atoms with Crippen molar-refractivity contribution < 1.29 is 18.0 Å². The van der Waals surface area contributed by atoms with E-state index in [4.69, 9.17) is 5.26 Å². The fourth-order valence-corrected chi connectivity index (χ4v) is 3.83. The van der Waals surface area contributed by atoms with Gasteiger partial charge < -0.3 is 4.90 Å². The average Bonchev–Trinajstić information content (AvgIpc) is 3.21.